The Bertz CT molecular complexity index is 286. The smallest absolute Gasteiger partial charge is 0.550 e. The zero-order chi connectivity index (χ0) is 17.3. The number of carboxylic acid groups (broad SMARTS) is 2. The van der Waals surface area contributed by atoms with Gasteiger partial charge >= 0.3 is 21.7 Å². The Morgan fingerprint density at radius 2 is 1.00 bits per heavy atom. The van der Waals surface area contributed by atoms with E-state index < -0.39 is 24.8 Å². The number of aliphatic hydroxyl groups is 1. The average Bonchev–Trinajstić information content (AvgIpc) is 2.29. The van der Waals surface area contributed by atoms with E-state index in [1.165, 1.54) is 0 Å². The minimum Gasteiger partial charge on any atom is -0.550 e. The third-order valence-corrected chi connectivity index (χ3v) is 1.74. The first kappa shape index (κ1) is 29.0. The summed E-state index contributed by atoms with van der Waals surface area (Å²) in [5, 5.41) is 27.1. The van der Waals surface area contributed by atoms with Crippen molar-refractivity contribution in [3.63, 3.8) is 0 Å². The molecule has 0 bridgehead atoms. The third kappa shape index (κ3) is 36.4. The Balaban J connectivity index is -0.000000120. The molecule has 0 saturated carbocycles. The molecule has 0 atom stereocenters. The zero-order valence-corrected chi connectivity index (χ0v) is 14.9. The number of hydrogen-bond donors (Lipinski definition) is 1. The van der Waals surface area contributed by atoms with Gasteiger partial charge in [-0.05, 0) is 19.8 Å². The van der Waals surface area contributed by atoms with Crippen LogP contribution in [-0.4, -0.2) is 35.2 Å². The van der Waals surface area contributed by atoms with Crippen LogP contribution in [0.2, 0.25) is 0 Å². The van der Waals surface area contributed by atoms with Gasteiger partial charge in [-0.1, -0.05) is 13.8 Å². The van der Waals surface area contributed by atoms with Gasteiger partial charge in [0.05, 0.1) is 0 Å². The Labute approximate surface area is 146 Å². The zero-order valence-electron chi connectivity index (χ0n) is 13.3. The molecule has 22 heavy (non-hydrogen) atoms. The molecule has 0 unspecified atom stereocenters. The van der Waals surface area contributed by atoms with Crippen molar-refractivity contribution in [2.24, 2.45) is 0 Å². The number of carbonyl (C=O) groups excluding carboxylic acids is 4. The van der Waals surface area contributed by atoms with E-state index in [4.69, 9.17) is 5.11 Å². The van der Waals surface area contributed by atoms with Crippen molar-refractivity contribution in [3.05, 3.63) is 0 Å². The van der Waals surface area contributed by atoms with E-state index in [9.17, 15) is 29.4 Å². The van der Waals surface area contributed by atoms with Crippen LogP contribution in [0.15, 0.2) is 0 Å². The molecule has 0 aromatic carbocycles. The van der Waals surface area contributed by atoms with Gasteiger partial charge in [0.15, 0.2) is 0 Å². The van der Waals surface area contributed by atoms with Crippen LogP contribution in [0.25, 0.3) is 0 Å². The normalized spacial score (nSPS) is 8.18. The summed E-state index contributed by atoms with van der Waals surface area (Å²) in [6.45, 7) is 5.58. The molecule has 0 aromatic rings. The second-order valence-corrected chi connectivity index (χ2v) is 3.99. The van der Waals surface area contributed by atoms with Crippen LogP contribution in [0.4, 0.5) is 0 Å². The second-order valence-electron chi connectivity index (χ2n) is 3.99. The molecule has 0 aromatic heterocycles. The van der Waals surface area contributed by atoms with Gasteiger partial charge in [0.2, 0.25) is 0 Å². The molecule has 0 rings (SSSR count). The molecule has 0 saturated heterocycles. The summed E-state index contributed by atoms with van der Waals surface area (Å²) in [5.41, 5.74) is 0. The monoisotopic (exact) mass is 352 g/mol. The van der Waals surface area contributed by atoms with E-state index in [0.717, 1.165) is 0 Å². The topological polar surface area (TPSA) is 135 Å². The number of carboxylic acids is 2. The maximum Gasteiger partial charge on any atom is 2.00 e. The molecule has 7 nitrogen and oxygen atoms in total. The first-order chi connectivity index (χ1) is 9.74. The van der Waals surface area contributed by atoms with Gasteiger partial charge in [-0.15, -0.1) is 0 Å². The number of ketones is 2. The molecule has 0 aliphatic rings. The molecule has 0 amide bonds. The number of hydrogen-bond acceptors (Lipinski definition) is 7. The molecular weight excluding hydrogens is 328 g/mol. The quantitative estimate of drug-likeness (QED) is 0.437. The third-order valence-electron chi connectivity index (χ3n) is 1.74. The van der Waals surface area contributed by atoms with Gasteiger partial charge in [-0.3, -0.25) is 9.59 Å². The predicted molar refractivity (Wildman–Crippen MR) is 71.8 cm³/mol. The van der Waals surface area contributed by atoms with Crippen LogP contribution in [0.5, 0.6) is 0 Å². The van der Waals surface area contributed by atoms with E-state index in [-0.39, 0.29) is 39.9 Å². The number of aliphatic carboxylic acids is 2. The predicted octanol–water partition coefficient (Wildman–Crippen LogP) is -1.01. The molecular formula is C14H24O7Ti. The van der Waals surface area contributed by atoms with E-state index in [2.05, 4.69) is 0 Å². The van der Waals surface area contributed by atoms with Crippen LogP contribution in [-0.2, 0) is 40.9 Å². The summed E-state index contributed by atoms with van der Waals surface area (Å²) in [6, 6.07) is 0. The first-order valence-electron chi connectivity index (χ1n) is 6.78. The molecule has 0 fully saturated rings. The first-order valence-corrected chi connectivity index (χ1v) is 6.78. The molecule has 0 radical (unpaired) electrons. The maximum atomic E-state index is 10.4. The Morgan fingerprint density at radius 3 is 1.14 bits per heavy atom. The van der Waals surface area contributed by atoms with Crippen LogP contribution in [0.1, 0.15) is 59.3 Å². The minimum absolute atomic E-state index is 0. The minimum atomic E-state index is -1.28. The van der Waals surface area contributed by atoms with Gasteiger partial charge in [0, 0.05) is 44.2 Å². The largest absolute Gasteiger partial charge is 2.00 e. The molecule has 126 valence electrons. The Hall–Kier alpha value is -1.05. The average molecular weight is 352 g/mol. The van der Waals surface area contributed by atoms with Crippen LogP contribution >= 0.6 is 0 Å². The SMILES string of the molecule is CCCC(=O)CC(=O)[O-].CCCC(=O)CC(=O)[O-].CCO.[Ti+2]. The summed E-state index contributed by atoms with van der Waals surface area (Å²) in [7, 11) is 0. The fraction of sp³-hybridized carbons (Fsp3) is 0.714. The summed E-state index contributed by atoms with van der Waals surface area (Å²) >= 11 is 0. The van der Waals surface area contributed by atoms with Crippen molar-refractivity contribution in [1.82, 2.24) is 0 Å². The van der Waals surface area contributed by atoms with Crippen molar-refractivity contribution in [2.75, 3.05) is 6.61 Å². The van der Waals surface area contributed by atoms with E-state index in [1.807, 2.05) is 13.8 Å². The van der Waals surface area contributed by atoms with Crippen molar-refractivity contribution in [3.8, 4) is 0 Å². The van der Waals surface area contributed by atoms with E-state index in [1.54, 1.807) is 6.92 Å². The van der Waals surface area contributed by atoms with Crippen LogP contribution < -0.4 is 10.2 Å². The van der Waals surface area contributed by atoms with Crippen LogP contribution in [0.3, 0.4) is 0 Å². The molecule has 0 aliphatic carbocycles. The van der Waals surface area contributed by atoms with Gasteiger partial charge in [0.1, 0.15) is 11.6 Å². The van der Waals surface area contributed by atoms with Crippen molar-refractivity contribution in [1.29, 1.82) is 0 Å². The van der Waals surface area contributed by atoms with Gasteiger partial charge in [0.25, 0.3) is 0 Å². The van der Waals surface area contributed by atoms with Gasteiger partial charge in [-0.2, -0.15) is 0 Å². The summed E-state index contributed by atoms with van der Waals surface area (Å²) < 4.78 is 0. The summed E-state index contributed by atoms with van der Waals surface area (Å²) in [6.07, 6.45) is 1.21. The molecule has 0 spiro atoms. The molecule has 0 heterocycles. The van der Waals surface area contributed by atoms with Gasteiger partial charge < -0.3 is 24.9 Å². The number of aliphatic hydroxyl groups excluding tert-OH is 1. The van der Waals surface area contributed by atoms with Gasteiger partial charge in [-0.25, -0.2) is 0 Å². The molecule has 0 aliphatic heterocycles. The fourth-order valence-electron chi connectivity index (χ4n) is 1.06. The van der Waals surface area contributed by atoms with Crippen molar-refractivity contribution in [2.45, 2.75) is 59.3 Å². The van der Waals surface area contributed by atoms with E-state index in [0.29, 0.717) is 25.7 Å². The maximum absolute atomic E-state index is 10.4. The number of rotatable bonds is 8. The van der Waals surface area contributed by atoms with Crippen molar-refractivity contribution < 1.29 is 56.2 Å². The molecule has 8 heteroatoms. The number of Topliss-reactive ketones (excluding diaryl/α,β-unsaturated/α-hetero) is 2. The van der Waals surface area contributed by atoms with Crippen molar-refractivity contribution >= 4 is 23.5 Å². The Morgan fingerprint density at radius 1 is 0.773 bits per heavy atom. The summed E-state index contributed by atoms with van der Waals surface area (Å²) in [4.78, 5) is 40.4. The van der Waals surface area contributed by atoms with E-state index >= 15 is 0 Å². The summed E-state index contributed by atoms with van der Waals surface area (Å²) in [5.74, 6) is -3.07. The van der Waals surface area contributed by atoms with Crippen LogP contribution in [0, 0.1) is 0 Å². The molecule has 1 N–H and O–H groups in total. The standard InChI is InChI=1S/2C6H10O3.C2H6O.Ti/c2*1-2-3-5(7)4-6(8)9;1-2-3;/h2*2-4H2,1H3,(H,8,9);3H,2H2,1H3;/q;;;+2/p-2. The Kier molecular flexibility index (Phi) is 29.3. The number of carbonyl (C=O) groups is 4. The second kappa shape index (κ2) is 22.2. The fourth-order valence-corrected chi connectivity index (χ4v) is 1.06.